The van der Waals surface area contributed by atoms with E-state index in [1.165, 1.54) is 19.3 Å². The molecule has 0 saturated carbocycles. The second-order valence-corrected chi connectivity index (χ2v) is 6.85. The van der Waals surface area contributed by atoms with Crippen LogP contribution < -0.4 is 24.3 Å². The fourth-order valence-electron chi connectivity index (χ4n) is 2.65. The van der Waals surface area contributed by atoms with Crippen LogP contribution in [0.1, 0.15) is 26.3 Å². The van der Waals surface area contributed by atoms with Crippen molar-refractivity contribution in [1.82, 2.24) is 5.32 Å². The van der Waals surface area contributed by atoms with E-state index in [4.69, 9.17) is 18.9 Å². The minimum absolute atomic E-state index is 0.0492. The Labute approximate surface area is 187 Å². The summed E-state index contributed by atoms with van der Waals surface area (Å²) in [7, 11) is 1.42. The van der Waals surface area contributed by atoms with Crippen LogP contribution in [0.2, 0.25) is 0 Å². The van der Waals surface area contributed by atoms with Gasteiger partial charge in [0.2, 0.25) is 0 Å². The summed E-state index contributed by atoms with van der Waals surface area (Å²) in [6.45, 7) is 5.60. The molecular weight excluding hydrogens is 412 g/mol. The Bertz CT molecular complexity index is 1020. The third-order valence-electron chi connectivity index (χ3n) is 4.00. The molecule has 0 aromatic heterocycles. The molecule has 0 aliphatic carbocycles. The van der Waals surface area contributed by atoms with Crippen LogP contribution in [0.4, 0.5) is 0 Å². The zero-order valence-corrected chi connectivity index (χ0v) is 18.5. The molecule has 8 nitrogen and oxygen atoms in total. The maximum Gasteiger partial charge on any atom is 0.349 e. The number of para-hydroxylation sites is 2. The van der Waals surface area contributed by atoms with Crippen LogP contribution in [0.5, 0.6) is 23.0 Å². The monoisotopic (exact) mass is 438 g/mol. The van der Waals surface area contributed by atoms with Crippen molar-refractivity contribution in [3.8, 4) is 29.1 Å². The van der Waals surface area contributed by atoms with E-state index in [0.717, 1.165) is 0 Å². The van der Waals surface area contributed by atoms with Crippen LogP contribution in [-0.4, -0.2) is 38.2 Å². The number of nitriles is 1. The summed E-state index contributed by atoms with van der Waals surface area (Å²) in [5.74, 6) is 0.312. The number of methoxy groups -OCH3 is 1. The van der Waals surface area contributed by atoms with Crippen molar-refractivity contribution in [2.45, 2.75) is 26.8 Å². The third kappa shape index (κ3) is 7.06. The van der Waals surface area contributed by atoms with Crippen molar-refractivity contribution in [2.75, 3.05) is 20.3 Å². The number of benzene rings is 2. The first-order valence-corrected chi connectivity index (χ1v) is 10.0. The highest BCUT2D eigenvalue weighted by molar-refractivity contribution is 6.01. The van der Waals surface area contributed by atoms with Crippen molar-refractivity contribution in [1.29, 1.82) is 5.26 Å². The van der Waals surface area contributed by atoms with E-state index < -0.39 is 11.9 Å². The minimum atomic E-state index is -0.632. The van der Waals surface area contributed by atoms with Gasteiger partial charge >= 0.3 is 5.97 Å². The Balaban J connectivity index is 2.10. The molecule has 0 unspecified atom stereocenters. The Hall–Kier alpha value is -3.99. The van der Waals surface area contributed by atoms with Crippen LogP contribution in [0.25, 0.3) is 6.08 Å². The number of hydrogen-bond acceptors (Lipinski definition) is 7. The molecule has 0 radical (unpaired) electrons. The van der Waals surface area contributed by atoms with E-state index in [-0.39, 0.29) is 29.7 Å². The largest absolute Gasteiger partial charge is 0.493 e. The highest BCUT2D eigenvalue weighted by Gasteiger charge is 2.14. The number of nitrogens with one attached hydrogen (secondary N) is 1. The summed E-state index contributed by atoms with van der Waals surface area (Å²) >= 11 is 0. The van der Waals surface area contributed by atoms with E-state index in [1.54, 1.807) is 50.2 Å². The standard InChI is InChI=1S/C24H26N2O6/c1-5-30-19-8-6-7-9-20(19)31-15-23(27)32-21-11-10-17(13-22(21)29-4)12-18(14-25)24(28)26-16(2)3/h6-13,16H,5,15H2,1-4H3,(H,26,28)/b18-12+. The van der Waals surface area contributed by atoms with Gasteiger partial charge in [-0.05, 0) is 56.7 Å². The summed E-state index contributed by atoms with van der Waals surface area (Å²) in [5, 5.41) is 11.9. The molecule has 0 aliphatic heterocycles. The minimum Gasteiger partial charge on any atom is -0.493 e. The van der Waals surface area contributed by atoms with Crippen molar-refractivity contribution in [3.05, 3.63) is 53.6 Å². The van der Waals surface area contributed by atoms with E-state index in [2.05, 4.69) is 5.32 Å². The molecule has 0 atom stereocenters. The summed E-state index contributed by atoms with van der Waals surface area (Å²) in [5.41, 5.74) is 0.492. The average Bonchev–Trinajstić information content (AvgIpc) is 2.77. The third-order valence-corrected chi connectivity index (χ3v) is 4.00. The van der Waals surface area contributed by atoms with Gasteiger partial charge in [-0.1, -0.05) is 18.2 Å². The number of carbonyl (C=O) groups is 2. The van der Waals surface area contributed by atoms with Gasteiger partial charge in [0.25, 0.3) is 5.91 Å². The van der Waals surface area contributed by atoms with Crippen LogP contribution >= 0.6 is 0 Å². The van der Waals surface area contributed by atoms with Gasteiger partial charge in [0.05, 0.1) is 13.7 Å². The second-order valence-electron chi connectivity index (χ2n) is 6.85. The SMILES string of the molecule is CCOc1ccccc1OCC(=O)Oc1ccc(/C=C(\C#N)C(=O)NC(C)C)cc1OC. The molecule has 0 spiro atoms. The number of ether oxygens (including phenoxy) is 4. The molecular formula is C24H26N2O6. The summed E-state index contributed by atoms with van der Waals surface area (Å²) < 4.78 is 21.6. The molecule has 0 saturated heterocycles. The second kappa shape index (κ2) is 12.0. The van der Waals surface area contributed by atoms with Gasteiger partial charge in [-0.3, -0.25) is 4.79 Å². The smallest absolute Gasteiger partial charge is 0.349 e. The van der Waals surface area contributed by atoms with Gasteiger partial charge in [0.15, 0.2) is 29.6 Å². The maximum absolute atomic E-state index is 12.3. The fraction of sp³-hybridized carbons (Fsp3) is 0.292. The van der Waals surface area contributed by atoms with Crippen LogP contribution in [0.3, 0.4) is 0 Å². The molecule has 32 heavy (non-hydrogen) atoms. The molecule has 0 heterocycles. The van der Waals surface area contributed by atoms with Gasteiger partial charge < -0.3 is 24.3 Å². The first-order chi connectivity index (χ1) is 15.4. The molecule has 2 rings (SSSR count). The Morgan fingerprint density at radius 1 is 1.06 bits per heavy atom. The van der Waals surface area contributed by atoms with Crippen molar-refractivity contribution in [3.63, 3.8) is 0 Å². The normalized spacial score (nSPS) is 10.8. The lowest BCUT2D eigenvalue weighted by molar-refractivity contribution is -0.136. The van der Waals surface area contributed by atoms with Gasteiger partial charge in [-0.15, -0.1) is 0 Å². The number of hydrogen-bond donors (Lipinski definition) is 1. The maximum atomic E-state index is 12.3. The quantitative estimate of drug-likeness (QED) is 0.262. The van der Waals surface area contributed by atoms with E-state index >= 15 is 0 Å². The topological polar surface area (TPSA) is 107 Å². The van der Waals surface area contributed by atoms with Crippen LogP contribution in [0.15, 0.2) is 48.0 Å². The van der Waals surface area contributed by atoms with Gasteiger partial charge in [-0.25, -0.2) is 4.79 Å². The predicted molar refractivity (Wildman–Crippen MR) is 119 cm³/mol. The summed E-state index contributed by atoms with van der Waals surface area (Å²) in [6, 6.07) is 13.5. The zero-order valence-electron chi connectivity index (χ0n) is 18.5. The highest BCUT2D eigenvalue weighted by atomic mass is 16.6. The lowest BCUT2D eigenvalue weighted by atomic mass is 10.1. The first kappa shape index (κ1) is 24.3. The van der Waals surface area contributed by atoms with E-state index in [1.807, 2.05) is 13.0 Å². The Kier molecular flexibility index (Phi) is 9.11. The zero-order chi connectivity index (χ0) is 23.5. The van der Waals surface area contributed by atoms with Gasteiger partial charge in [-0.2, -0.15) is 5.26 Å². The molecule has 8 heteroatoms. The lowest BCUT2D eigenvalue weighted by Crippen LogP contribution is -2.30. The van der Waals surface area contributed by atoms with E-state index in [9.17, 15) is 14.9 Å². The molecule has 0 fully saturated rings. The number of carbonyl (C=O) groups excluding carboxylic acids is 2. The number of amides is 1. The van der Waals surface area contributed by atoms with Crippen molar-refractivity contribution in [2.24, 2.45) is 0 Å². The van der Waals surface area contributed by atoms with Crippen molar-refractivity contribution < 1.29 is 28.5 Å². The molecule has 1 N–H and O–H groups in total. The molecule has 0 aliphatic rings. The van der Waals surface area contributed by atoms with E-state index in [0.29, 0.717) is 23.7 Å². The van der Waals surface area contributed by atoms with Gasteiger partial charge in [0.1, 0.15) is 11.6 Å². The molecule has 168 valence electrons. The molecule has 2 aromatic rings. The molecule has 1 amide bonds. The van der Waals surface area contributed by atoms with Gasteiger partial charge in [0, 0.05) is 6.04 Å². The highest BCUT2D eigenvalue weighted by Crippen LogP contribution is 2.30. The van der Waals surface area contributed by atoms with Crippen LogP contribution in [0, 0.1) is 11.3 Å². The number of esters is 1. The summed E-state index contributed by atoms with van der Waals surface area (Å²) in [6.07, 6.45) is 1.43. The predicted octanol–water partition coefficient (Wildman–Crippen LogP) is 3.51. The van der Waals surface area contributed by atoms with Crippen LogP contribution in [-0.2, 0) is 9.59 Å². The summed E-state index contributed by atoms with van der Waals surface area (Å²) in [4.78, 5) is 24.4. The lowest BCUT2D eigenvalue weighted by Gasteiger charge is -2.13. The number of rotatable bonds is 10. The average molecular weight is 438 g/mol. The Morgan fingerprint density at radius 2 is 1.75 bits per heavy atom. The fourth-order valence-corrected chi connectivity index (χ4v) is 2.65. The number of nitrogens with zero attached hydrogens (tertiary/aromatic N) is 1. The van der Waals surface area contributed by atoms with Crippen molar-refractivity contribution >= 4 is 18.0 Å². The molecule has 2 aromatic carbocycles. The Morgan fingerprint density at radius 3 is 2.34 bits per heavy atom. The first-order valence-electron chi connectivity index (χ1n) is 10.0. The molecule has 0 bridgehead atoms.